The summed E-state index contributed by atoms with van der Waals surface area (Å²) in [6, 6.07) is 14.4. The van der Waals surface area contributed by atoms with Gasteiger partial charge in [-0.05, 0) is 48.4 Å². The molecule has 0 spiro atoms. The number of pyridine rings is 1. The van der Waals surface area contributed by atoms with Gasteiger partial charge in [-0.3, -0.25) is 19.5 Å². The number of aliphatic hydroxyl groups is 1. The number of nitrogens with zero attached hydrogens (tertiary/aromatic N) is 2. The Hall–Kier alpha value is -3.64. The number of aryl methyl sites for hydroxylation is 1. The van der Waals surface area contributed by atoms with Crippen LogP contribution < -0.4 is 9.64 Å². The first-order chi connectivity index (χ1) is 14.9. The van der Waals surface area contributed by atoms with Crippen LogP contribution in [-0.4, -0.2) is 28.9 Å². The van der Waals surface area contributed by atoms with Crippen molar-refractivity contribution in [3.05, 3.63) is 94.3 Å². The second-order valence-corrected chi connectivity index (χ2v) is 7.53. The molecule has 1 aliphatic heterocycles. The van der Waals surface area contributed by atoms with Crippen molar-refractivity contribution in [2.75, 3.05) is 12.0 Å². The third-order valence-electron chi connectivity index (χ3n) is 5.22. The fourth-order valence-corrected chi connectivity index (χ4v) is 3.78. The number of ether oxygens (including phenoxy) is 1. The average Bonchev–Trinajstić information content (AvgIpc) is 3.06. The van der Waals surface area contributed by atoms with Crippen molar-refractivity contribution in [2.45, 2.75) is 13.0 Å². The van der Waals surface area contributed by atoms with E-state index in [4.69, 9.17) is 16.3 Å². The third-order valence-corrected chi connectivity index (χ3v) is 5.63. The maximum atomic E-state index is 13.1. The molecule has 2 aromatic carbocycles. The standard InChI is InChI=1S/C24H19ClN2O4/c1-14-8-9-17(12-19(14)25)27-21(16-6-4-10-26-13-16)20(23(29)24(27)30)22(28)15-5-3-7-18(11-15)31-2/h3-13,21,28H,1-2H3/b22-20+. The van der Waals surface area contributed by atoms with E-state index in [2.05, 4.69) is 4.98 Å². The summed E-state index contributed by atoms with van der Waals surface area (Å²) < 4.78 is 5.22. The van der Waals surface area contributed by atoms with E-state index in [9.17, 15) is 14.7 Å². The highest BCUT2D eigenvalue weighted by atomic mass is 35.5. The molecule has 1 amide bonds. The van der Waals surface area contributed by atoms with Crippen molar-refractivity contribution >= 4 is 34.7 Å². The molecule has 1 aliphatic rings. The van der Waals surface area contributed by atoms with Gasteiger partial charge in [0.1, 0.15) is 11.5 Å². The lowest BCUT2D eigenvalue weighted by atomic mass is 9.96. The van der Waals surface area contributed by atoms with Gasteiger partial charge >= 0.3 is 0 Å². The number of carbonyl (C=O) groups excluding carboxylic acids is 2. The molecule has 1 saturated heterocycles. The van der Waals surface area contributed by atoms with Crippen LogP contribution in [0.2, 0.25) is 5.02 Å². The van der Waals surface area contributed by atoms with Crippen LogP contribution in [0.25, 0.3) is 5.76 Å². The number of halogens is 1. The SMILES string of the molecule is COc1cccc(/C(O)=C2\C(=O)C(=O)N(c3ccc(C)c(Cl)c3)C2c2cccnc2)c1. The summed E-state index contributed by atoms with van der Waals surface area (Å²) in [6.07, 6.45) is 3.17. The van der Waals surface area contributed by atoms with Gasteiger partial charge in [-0.15, -0.1) is 0 Å². The largest absolute Gasteiger partial charge is 0.507 e. The minimum absolute atomic E-state index is 0.0250. The summed E-state index contributed by atoms with van der Waals surface area (Å²) in [4.78, 5) is 31.7. The minimum Gasteiger partial charge on any atom is -0.507 e. The third kappa shape index (κ3) is 3.66. The van der Waals surface area contributed by atoms with Crippen molar-refractivity contribution in [1.82, 2.24) is 4.98 Å². The predicted molar refractivity (Wildman–Crippen MR) is 118 cm³/mol. The summed E-state index contributed by atoms with van der Waals surface area (Å²) in [5.74, 6) is -1.31. The van der Waals surface area contributed by atoms with E-state index in [1.54, 1.807) is 67.0 Å². The highest BCUT2D eigenvalue weighted by Crippen LogP contribution is 2.42. The Morgan fingerprint density at radius 2 is 1.94 bits per heavy atom. The van der Waals surface area contributed by atoms with Crippen LogP contribution in [0.1, 0.15) is 22.7 Å². The Labute approximate surface area is 184 Å². The molecule has 31 heavy (non-hydrogen) atoms. The van der Waals surface area contributed by atoms with Crippen LogP contribution in [0.3, 0.4) is 0 Å². The second-order valence-electron chi connectivity index (χ2n) is 7.12. The first-order valence-electron chi connectivity index (χ1n) is 9.54. The number of aromatic nitrogens is 1. The highest BCUT2D eigenvalue weighted by Gasteiger charge is 2.47. The van der Waals surface area contributed by atoms with Gasteiger partial charge in [0.25, 0.3) is 11.7 Å². The Balaban J connectivity index is 1.94. The van der Waals surface area contributed by atoms with E-state index in [0.29, 0.717) is 27.6 Å². The van der Waals surface area contributed by atoms with Crippen molar-refractivity contribution < 1.29 is 19.4 Å². The van der Waals surface area contributed by atoms with Crippen molar-refractivity contribution in [2.24, 2.45) is 0 Å². The zero-order valence-electron chi connectivity index (χ0n) is 16.9. The summed E-state index contributed by atoms with van der Waals surface area (Å²) in [5.41, 5.74) is 2.23. The number of benzene rings is 2. The molecule has 1 fully saturated rings. The van der Waals surface area contributed by atoms with E-state index in [-0.39, 0.29) is 11.3 Å². The molecule has 4 rings (SSSR count). The zero-order chi connectivity index (χ0) is 22.1. The maximum Gasteiger partial charge on any atom is 0.300 e. The van der Waals surface area contributed by atoms with Crippen LogP contribution >= 0.6 is 11.6 Å². The van der Waals surface area contributed by atoms with E-state index >= 15 is 0 Å². The molecule has 1 unspecified atom stereocenters. The molecule has 2 heterocycles. The Morgan fingerprint density at radius 3 is 2.61 bits per heavy atom. The summed E-state index contributed by atoms with van der Waals surface area (Å²) >= 11 is 6.29. The van der Waals surface area contributed by atoms with Gasteiger partial charge < -0.3 is 9.84 Å². The molecule has 0 saturated carbocycles. The first kappa shape index (κ1) is 20.6. The molecular formula is C24H19ClN2O4. The lowest BCUT2D eigenvalue weighted by Crippen LogP contribution is -2.29. The predicted octanol–water partition coefficient (Wildman–Crippen LogP) is 4.68. The molecule has 7 heteroatoms. The van der Waals surface area contributed by atoms with Gasteiger partial charge in [-0.2, -0.15) is 0 Å². The molecule has 0 radical (unpaired) electrons. The molecule has 1 N–H and O–H groups in total. The quantitative estimate of drug-likeness (QED) is 0.366. The van der Waals surface area contributed by atoms with Gasteiger partial charge in [0.2, 0.25) is 0 Å². The number of methoxy groups -OCH3 is 1. The number of ketones is 1. The van der Waals surface area contributed by atoms with Crippen LogP contribution in [0.5, 0.6) is 5.75 Å². The van der Waals surface area contributed by atoms with Crippen LogP contribution in [0.15, 0.2) is 72.6 Å². The number of carbonyl (C=O) groups is 2. The number of rotatable bonds is 4. The molecule has 1 atom stereocenters. The minimum atomic E-state index is -0.862. The van der Waals surface area contributed by atoms with Crippen molar-refractivity contribution in [3.8, 4) is 5.75 Å². The van der Waals surface area contributed by atoms with Crippen LogP contribution in [0, 0.1) is 6.92 Å². The lowest BCUT2D eigenvalue weighted by molar-refractivity contribution is -0.132. The summed E-state index contributed by atoms with van der Waals surface area (Å²) in [6.45, 7) is 1.85. The zero-order valence-corrected chi connectivity index (χ0v) is 17.6. The number of hydrogen-bond donors (Lipinski definition) is 1. The maximum absolute atomic E-state index is 13.1. The van der Waals surface area contributed by atoms with E-state index in [1.165, 1.54) is 12.0 Å². The van der Waals surface area contributed by atoms with Gasteiger partial charge in [-0.25, -0.2) is 0 Å². The van der Waals surface area contributed by atoms with Crippen LogP contribution in [-0.2, 0) is 9.59 Å². The van der Waals surface area contributed by atoms with Gasteiger partial charge in [0.15, 0.2) is 0 Å². The topological polar surface area (TPSA) is 79.7 Å². The molecule has 3 aromatic rings. The molecule has 1 aromatic heterocycles. The smallest absolute Gasteiger partial charge is 0.300 e. The Bertz CT molecular complexity index is 1210. The van der Waals surface area contributed by atoms with Crippen molar-refractivity contribution in [1.29, 1.82) is 0 Å². The summed E-state index contributed by atoms with van der Waals surface area (Å²) in [5, 5.41) is 11.6. The second kappa shape index (κ2) is 8.24. The van der Waals surface area contributed by atoms with Crippen LogP contribution in [0.4, 0.5) is 5.69 Å². The van der Waals surface area contributed by atoms with E-state index in [1.807, 2.05) is 6.92 Å². The molecule has 0 aliphatic carbocycles. The number of anilines is 1. The molecule has 6 nitrogen and oxygen atoms in total. The molecular weight excluding hydrogens is 416 g/mol. The Kier molecular flexibility index (Phi) is 5.48. The van der Waals surface area contributed by atoms with E-state index < -0.39 is 17.7 Å². The monoisotopic (exact) mass is 434 g/mol. The van der Waals surface area contributed by atoms with Gasteiger partial charge in [-0.1, -0.05) is 35.9 Å². The first-order valence-corrected chi connectivity index (χ1v) is 9.91. The molecule has 0 bridgehead atoms. The fraction of sp³-hybridized carbons (Fsp3) is 0.125. The molecule has 156 valence electrons. The highest BCUT2D eigenvalue weighted by molar-refractivity contribution is 6.51. The average molecular weight is 435 g/mol. The van der Waals surface area contributed by atoms with Gasteiger partial charge in [0.05, 0.1) is 18.7 Å². The normalized spacial score (nSPS) is 17.8. The number of hydrogen-bond acceptors (Lipinski definition) is 5. The Morgan fingerprint density at radius 1 is 1.13 bits per heavy atom. The van der Waals surface area contributed by atoms with E-state index in [0.717, 1.165) is 5.56 Å². The lowest BCUT2D eigenvalue weighted by Gasteiger charge is -2.25. The fourth-order valence-electron chi connectivity index (χ4n) is 3.61. The summed E-state index contributed by atoms with van der Waals surface area (Å²) in [7, 11) is 1.51. The number of amides is 1. The van der Waals surface area contributed by atoms with Gasteiger partial charge in [0, 0.05) is 28.7 Å². The number of Topliss-reactive ketones (excluding diaryl/α,β-unsaturated/α-hetero) is 1. The van der Waals surface area contributed by atoms with Crippen molar-refractivity contribution in [3.63, 3.8) is 0 Å². The number of aliphatic hydroxyl groups excluding tert-OH is 1.